The molecule has 0 saturated carbocycles. The van der Waals surface area contributed by atoms with Crippen LogP contribution in [-0.2, 0) is 13.7 Å². The second kappa shape index (κ2) is 5.14. The van der Waals surface area contributed by atoms with Crippen molar-refractivity contribution in [2.24, 2.45) is 7.05 Å². The molecule has 0 bridgehead atoms. The van der Waals surface area contributed by atoms with Gasteiger partial charge in [0.05, 0.1) is 16.6 Å². The molecule has 0 aliphatic rings. The number of rotatable bonds is 4. The highest BCUT2D eigenvalue weighted by Gasteiger charge is 2.16. The zero-order chi connectivity index (χ0) is 13.8. The second-order valence-corrected chi connectivity index (χ2v) is 3.70. The Morgan fingerprint density at radius 3 is 2.95 bits per heavy atom. The molecule has 2 rings (SSSR count). The number of nitrogens with zero attached hydrogens (tertiary/aromatic N) is 5. The largest absolute Gasteiger partial charge is 0.479 e. The van der Waals surface area contributed by atoms with E-state index in [1.807, 2.05) is 6.07 Å². The van der Waals surface area contributed by atoms with Gasteiger partial charge in [-0.1, -0.05) is 0 Å². The standard InChI is InChI=1S/C11H9N5O3/c1-15-7-13-14-11(15)6-19-10-3-2-8(5-12)4-9(10)16(17)18/h2-4,7H,6H2,1H3. The lowest BCUT2D eigenvalue weighted by Crippen LogP contribution is -2.04. The second-order valence-electron chi connectivity index (χ2n) is 3.70. The number of aromatic nitrogens is 3. The first-order valence-corrected chi connectivity index (χ1v) is 5.26. The summed E-state index contributed by atoms with van der Waals surface area (Å²) in [6.45, 7) is 0.0588. The zero-order valence-electron chi connectivity index (χ0n) is 9.98. The summed E-state index contributed by atoms with van der Waals surface area (Å²) in [5.41, 5.74) is -0.0427. The molecule has 0 saturated heterocycles. The Labute approximate surface area is 108 Å². The van der Waals surface area contributed by atoms with Crippen molar-refractivity contribution in [1.82, 2.24) is 14.8 Å². The predicted molar refractivity (Wildman–Crippen MR) is 63.1 cm³/mol. The van der Waals surface area contributed by atoms with E-state index in [1.165, 1.54) is 24.5 Å². The van der Waals surface area contributed by atoms with E-state index in [-0.39, 0.29) is 23.6 Å². The van der Waals surface area contributed by atoms with Crippen LogP contribution in [0.4, 0.5) is 5.69 Å². The molecule has 1 heterocycles. The Morgan fingerprint density at radius 2 is 2.37 bits per heavy atom. The lowest BCUT2D eigenvalue weighted by Gasteiger charge is -2.06. The smallest absolute Gasteiger partial charge is 0.312 e. The molecule has 0 spiro atoms. The minimum atomic E-state index is -0.590. The Balaban J connectivity index is 2.23. The Hall–Kier alpha value is -2.95. The molecule has 0 amide bonds. The average Bonchev–Trinajstić information content (AvgIpc) is 2.81. The number of nitro benzene ring substituents is 1. The number of hydrogen-bond donors (Lipinski definition) is 0. The molecule has 0 aliphatic carbocycles. The summed E-state index contributed by atoms with van der Waals surface area (Å²) in [6, 6.07) is 5.87. The first-order valence-electron chi connectivity index (χ1n) is 5.26. The summed E-state index contributed by atoms with van der Waals surface area (Å²) >= 11 is 0. The van der Waals surface area contributed by atoms with E-state index in [0.29, 0.717) is 5.82 Å². The van der Waals surface area contributed by atoms with Crippen LogP contribution in [0.25, 0.3) is 0 Å². The fourth-order valence-electron chi connectivity index (χ4n) is 1.43. The Bertz CT molecular complexity index is 659. The molecular formula is C11H9N5O3. The summed E-state index contributed by atoms with van der Waals surface area (Å²) in [5, 5.41) is 27.1. The molecule has 1 aromatic carbocycles. The van der Waals surface area contributed by atoms with Gasteiger partial charge in [-0.15, -0.1) is 10.2 Å². The fourth-order valence-corrected chi connectivity index (χ4v) is 1.43. The monoisotopic (exact) mass is 259 g/mol. The minimum Gasteiger partial charge on any atom is -0.479 e. The van der Waals surface area contributed by atoms with Crippen LogP contribution >= 0.6 is 0 Å². The van der Waals surface area contributed by atoms with Gasteiger partial charge in [-0.25, -0.2) is 0 Å². The third-order valence-electron chi connectivity index (χ3n) is 2.45. The van der Waals surface area contributed by atoms with Gasteiger partial charge in [0.1, 0.15) is 12.9 Å². The number of aryl methyl sites for hydroxylation is 1. The molecule has 8 heteroatoms. The van der Waals surface area contributed by atoms with Crippen LogP contribution in [-0.4, -0.2) is 19.7 Å². The van der Waals surface area contributed by atoms with Gasteiger partial charge in [-0.2, -0.15) is 5.26 Å². The molecule has 0 radical (unpaired) electrons. The van der Waals surface area contributed by atoms with Gasteiger partial charge < -0.3 is 9.30 Å². The van der Waals surface area contributed by atoms with Gasteiger partial charge in [0.15, 0.2) is 11.6 Å². The quantitative estimate of drug-likeness (QED) is 0.602. The lowest BCUT2D eigenvalue weighted by molar-refractivity contribution is -0.386. The number of ether oxygens (including phenoxy) is 1. The van der Waals surface area contributed by atoms with E-state index in [4.69, 9.17) is 10.00 Å². The van der Waals surface area contributed by atoms with Crippen LogP contribution in [0.1, 0.15) is 11.4 Å². The summed E-state index contributed by atoms with van der Waals surface area (Å²) in [6.07, 6.45) is 1.51. The predicted octanol–water partition coefficient (Wildman–Crippen LogP) is 1.17. The number of nitro groups is 1. The van der Waals surface area contributed by atoms with Gasteiger partial charge in [0.25, 0.3) is 0 Å². The third kappa shape index (κ3) is 2.66. The zero-order valence-corrected chi connectivity index (χ0v) is 9.98. The number of hydrogen-bond acceptors (Lipinski definition) is 6. The first-order chi connectivity index (χ1) is 9.11. The van der Waals surface area contributed by atoms with E-state index in [2.05, 4.69) is 10.2 Å². The van der Waals surface area contributed by atoms with Crippen LogP contribution in [0.2, 0.25) is 0 Å². The van der Waals surface area contributed by atoms with Crippen molar-refractivity contribution < 1.29 is 9.66 Å². The maximum absolute atomic E-state index is 10.9. The third-order valence-corrected chi connectivity index (χ3v) is 2.45. The maximum Gasteiger partial charge on any atom is 0.312 e. The summed E-state index contributed by atoms with van der Waals surface area (Å²) < 4.78 is 7.00. The Kier molecular flexibility index (Phi) is 3.38. The van der Waals surface area contributed by atoms with Crippen LogP contribution in [0.15, 0.2) is 24.5 Å². The van der Waals surface area contributed by atoms with Gasteiger partial charge in [-0.05, 0) is 12.1 Å². The summed E-state index contributed by atoms with van der Waals surface area (Å²) in [5.74, 6) is 0.630. The molecule has 8 nitrogen and oxygen atoms in total. The molecule has 0 atom stereocenters. The lowest BCUT2D eigenvalue weighted by atomic mass is 10.2. The van der Waals surface area contributed by atoms with Crippen LogP contribution in [0.5, 0.6) is 5.75 Å². The normalized spacial score (nSPS) is 9.89. The molecule has 2 aromatic rings. The number of benzene rings is 1. The summed E-state index contributed by atoms with van der Waals surface area (Å²) in [4.78, 5) is 10.3. The van der Waals surface area contributed by atoms with E-state index in [0.717, 1.165) is 0 Å². The molecule has 0 unspecified atom stereocenters. The van der Waals surface area contributed by atoms with Crippen molar-refractivity contribution in [3.8, 4) is 11.8 Å². The highest BCUT2D eigenvalue weighted by atomic mass is 16.6. The molecule has 96 valence electrons. The Morgan fingerprint density at radius 1 is 1.58 bits per heavy atom. The van der Waals surface area contributed by atoms with E-state index >= 15 is 0 Å². The van der Waals surface area contributed by atoms with Crippen molar-refractivity contribution in [3.05, 3.63) is 46.0 Å². The van der Waals surface area contributed by atoms with Crippen molar-refractivity contribution in [2.75, 3.05) is 0 Å². The number of nitriles is 1. The van der Waals surface area contributed by atoms with E-state index < -0.39 is 4.92 Å². The maximum atomic E-state index is 10.9. The van der Waals surface area contributed by atoms with Gasteiger partial charge >= 0.3 is 5.69 Å². The van der Waals surface area contributed by atoms with Crippen LogP contribution in [0, 0.1) is 21.4 Å². The molecule has 0 fully saturated rings. The van der Waals surface area contributed by atoms with Gasteiger partial charge in [-0.3, -0.25) is 10.1 Å². The molecule has 19 heavy (non-hydrogen) atoms. The van der Waals surface area contributed by atoms with Crippen molar-refractivity contribution in [2.45, 2.75) is 6.61 Å². The highest BCUT2D eigenvalue weighted by molar-refractivity contribution is 5.51. The highest BCUT2D eigenvalue weighted by Crippen LogP contribution is 2.28. The van der Waals surface area contributed by atoms with Crippen molar-refractivity contribution in [1.29, 1.82) is 5.26 Å². The molecule has 1 aromatic heterocycles. The summed E-state index contributed by atoms with van der Waals surface area (Å²) in [7, 11) is 1.74. The average molecular weight is 259 g/mol. The minimum absolute atomic E-state index is 0.0588. The molecule has 0 aliphatic heterocycles. The topological polar surface area (TPSA) is 107 Å². The SMILES string of the molecule is Cn1cnnc1COc1ccc(C#N)cc1[N+](=O)[O-]. The molecule has 0 N–H and O–H groups in total. The van der Waals surface area contributed by atoms with Gasteiger partial charge in [0.2, 0.25) is 0 Å². The van der Waals surface area contributed by atoms with Crippen LogP contribution in [0.3, 0.4) is 0 Å². The van der Waals surface area contributed by atoms with Crippen molar-refractivity contribution in [3.63, 3.8) is 0 Å². The first kappa shape index (κ1) is 12.5. The molecular weight excluding hydrogens is 250 g/mol. The van der Waals surface area contributed by atoms with Crippen molar-refractivity contribution >= 4 is 5.69 Å². The van der Waals surface area contributed by atoms with E-state index in [9.17, 15) is 10.1 Å². The van der Waals surface area contributed by atoms with Crippen LogP contribution < -0.4 is 4.74 Å². The fraction of sp³-hybridized carbons (Fsp3) is 0.182. The van der Waals surface area contributed by atoms with E-state index in [1.54, 1.807) is 11.6 Å². The van der Waals surface area contributed by atoms with Gasteiger partial charge in [0, 0.05) is 13.1 Å².